The van der Waals surface area contributed by atoms with Gasteiger partial charge in [0, 0.05) is 29.4 Å². The first kappa shape index (κ1) is 22.7. The van der Waals surface area contributed by atoms with Gasteiger partial charge in [0.25, 0.3) is 5.91 Å². The summed E-state index contributed by atoms with van der Waals surface area (Å²) in [4.78, 5) is 42.2. The summed E-state index contributed by atoms with van der Waals surface area (Å²) in [5.74, 6) is -1.72. The molecule has 0 atom stereocenters. The van der Waals surface area contributed by atoms with Crippen molar-refractivity contribution in [2.75, 3.05) is 19.5 Å². The number of ether oxygens (including phenoxy) is 2. The summed E-state index contributed by atoms with van der Waals surface area (Å²) in [6, 6.07) is 13.2. The fraction of sp³-hybridized carbons (Fsp3) is 0.160. The molecule has 4 rings (SSSR count). The van der Waals surface area contributed by atoms with Crippen molar-refractivity contribution >= 4 is 34.4 Å². The average molecular weight is 458 g/mol. The van der Waals surface area contributed by atoms with Gasteiger partial charge in [-0.25, -0.2) is 14.6 Å². The van der Waals surface area contributed by atoms with E-state index in [-0.39, 0.29) is 16.8 Å². The molecule has 9 nitrogen and oxygen atoms in total. The Morgan fingerprint density at radius 1 is 0.971 bits per heavy atom. The van der Waals surface area contributed by atoms with Crippen LogP contribution in [0.5, 0.6) is 0 Å². The van der Waals surface area contributed by atoms with Crippen molar-refractivity contribution in [2.24, 2.45) is 0 Å². The highest BCUT2D eigenvalue weighted by Gasteiger charge is 2.18. The number of fused-ring (bicyclic) bond motifs is 1. The van der Waals surface area contributed by atoms with Gasteiger partial charge >= 0.3 is 11.9 Å². The molecule has 1 N–H and O–H groups in total. The van der Waals surface area contributed by atoms with E-state index in [0.29, 0.717) is 28.7 Å². The number of aromatic nitrogens is 3. The number of carbonyl (C=O) groups excluding carboxylic acids is 3. The molecule has 2 aromatic carbocycles. The molecule has 0 aliphatic carbocycles. The van der Waals surface area contributed by atoms with Gasteiger partial charge < -0.3 is 14.8 Å². The molecule has 1 amide bonds. The van der Waals surface area contributed by atoms with Crippen molar-refractivity contribution in [3.8, 4) is 11.3 Å². The van der Waals surface area contributed by atoms with Crippen LogP contribution < -0.4 is 5.32 Å². The third-order valence-electron chi connectivity index (χ3n) is 5.25. The van der Waals surface area contributed by atoms with Crippen molar-refractivity contribution in [3.63, 3.8) is 0 Å². The molecule has 4 aromatic rings. The van der Waals surface area contributed by atoms with Crippen molar-refractivity contribution in [1.82, 2.24) is 14.8 Å². The number of anilines is 1. The Labute approximate surface area is 195 Å². The third-order valence-corrected chi connectivity index (χ3v) is 5.25. The van der Waals surface area contributed by atoms with Crippen LogP contribution in [0.3, 0.4) is 0 Å². The molecular weight excluding hydrogens is 436 g/mol. The quantitative estimate of drug-likeness (QED) is 0.436. The highest BCUT2D eigenvalue weighted by atomic mass is 16.5. The van der Waals surface area contributed by atoms with E-state index in [2.05, 4.69) is 15.4 Å². The Hall–Kier alpha value is -4.53. The lowest BCUT2D eigenvalue weighted by atomic mass is 10.0. The average Bonchev–Trinajstić information content (AvgIpc) is 3.36. The lowest BCUT2D eigenvalue weighted by molar-refractivity contribution is 0.0599. The SMILES string of the molecule is CCn1cc(-c2cc(C(=O)Nc3cc(C(=O)OC)cc(C(=O)OC)c3)c3ccccc3n2)cn1. The molecule has 2 heterocycles. The summed E-state index contributed by atoms with van der Waals surface area (Å²) < 4.78 is 11.3. The summed E-state index contributed by atoms with van der Waals surface area (Å²) >= 11 is 0. The highest BCUT2D eigenvalue weighted by Crippen LogP contribution is 2.26. The predicted octanol–water partition coefficient (Wildman–Crippen LogP) is 3.94. The van der Waals surface area contributed by atoms with E-state index >= 15 is 0 Å². The summed E-state index contributed by atoms with van der Waals surface area (Å²) in [5, 5.41) is 7.73. The summed E-state index contributed by atoms with van der Waals surface area (Å²) in [6.07, 6.45) is 3.56. The number of para-hydroxylation sites is 1. The van der Waals surface area contributed by atoms with Gasteiger partial charge in [-0.1, -0.05) is 18.2 Å². The Kier molecular flexibility index (Phi) is 6.35. The number of methoxy groups -OCH3 is 2. The number of carbonyl (C=O) groups is 3. The Morgan fingerprint density at radius 3 is 2.26 bits per heavy atom. The van der Waals surface area contributed by atoms with Crippen LogP contribution in [0.4, 0.5) is 5.69 Å². The van der Waals surface area contributed by atoms with Crippen molar-refractivity contribution in [3.05, 3.63) is 77.6 Å². The van der Waals surface area contributed by atoms with E-state index in [9.17, 15) is 14.4 Å². The Bertz CT molecular complexity index is 1380. The molecule has 9 heteroatoms. The maximum Gasteiger partial charge on any atom is 0.337 e. The fourth-order valence-electron chi connectivity index (χ4n) is 3.55. The van der Waals surface area contributed by atoms with Gasteiger partial charge in [0.05, 0.1) is 48.3 Å². The van der Waals surface area contributed by atoms with Crippen LogP contribution in [0.15, 0.2) is 60.9 Å². The Balaban J connectivity index is 1.77. The number of benzene rings is 2. The molecular formula is C25H22N4O5. The third kappa shape index (κ3) is 4.49. The van der Waals surface area contributed by atoms with Crippen LogP contribution in [0.1, 0.15) is 38.0 Å². The molecule has 34 heavy (non-hydrogen) atoms. The van der Waals surface area contributed by atoms with Gasteiger partial charge in [-0.15, -0.1) is 0 Å². The fourth-order valence-corrected chi connectivity index (χ4v) is 3.55. The van der Waals surface area contributed by atoms with E-state index in [1.54, 1.807) is 23.0 Å². The van der Waals surface area contributed by atoms with Crippen LogP contribution in [-0.2, 0) is 16.0 Å². The number of pyridine rings is 1. The minimum atomic E-state index is -0.647. The van der Waals surface area contributed by atoms with Crippen LogP contribution >= 0.6 is 0 Å². The summed E-state index contributed by atoms with van der Waals surface area (Å²) in [7, 11) is 2.47. The second-order valence-corrected chi connectivity index (χ2v) is 7.39. The molecule has 0 fully saturated rings. The van der Waals surface area contributed by atoms with E-state index in [0.717, 1.165) is 5.56 Å². The second kappa shape index (κ2) is 9.53. The molecule has 0 saturated carbocycles. The smallest absolute Gasteiger partial charge is 0.337 e. The first-order valence-electron chi connectivity index (χ1n) is 10.5. The Morgan fingerprint density at radius 2 is 1.65 bits per heavy atom. The van der Waals surface area contributed by atoms with Crippen LogP contribution in [0, 0.1) is 0 Å². The second-order valence-electron chi connectivity index (χ2n) is 7.39. The van der Waals surface area contributed by atoms with E-state index < -0.39 is 17.8 Å². The van der Waals surface area contributed by atoms with Crippen LogP contribution in [0.25, 0.3) is 22.2 Å². The number of esters is 2. The topological polar surface area (TPSA) is 112 Å². The largest absolute Gasteiger partial charge is 0.465 e. The lowest BCUT2D eigenvalue weighted by Crippen LogP contribution is -2.15. The van der Waals surface area contributed by atoms with Gasteiger partial charge in [-0.2, -0.15) is 5.10 Å². The molecule has 0 bridgehead atoms. The zero-order chi connectivity index (χ0) is 24.2. The molecule has 0 radical (unpaired) electrons. The van der Waals surface area contributed by atoms with Crippen molar-refractivity contribution in [1.29, 1.82) is 0 Å². The van der Waals surface area contributed by atoms with Gasteiger partial charge in [0.1, 0.15) is 0 Å². The maximum atomic E-state index is 13.4. The monoisotopic (exact) mass is 458 g/mol. The van der Waals surface area contributed by atoms with Gasteiger partial charge in [-0.05, 0) is 37.3 Å². The number of aryl methyl sites for hydroxylation is 1. The first-order chi connectivity index (χ1) is 16.4. The van der Waals surface area contributed by atoms with Crippen molar-refractivity contribution in [2.45, 2.75) is 13.5 Å². The van der Waals surface area contributed by atoms with Crippen LogP contribution in [-0.4, -0.2) is 46.8 Å². The highest BCUT2D eigenvalue weighted by molar-refractivity contribution is 6.13. The van der Waals surface area contributed by atoms with Crippen molar-refractivity contribution < 1.29 is 23.9 Å². The van der Waals surface area contributed by atoms with Crippen LogP contribution in [0.2, 0.25) is 0 Å². The van der Waals surface area contributed by atoms with Gasteiger partial charge in [-0.3, -0.25) is 9.48 Å². The number of amides is 1. The minimum absolute atomic E-state index is 0.105. The number of nitrogens with zero attached hydrogens (tertiary/aromatic N) is 3. The number of rotatable bonds is 6. The molecule has 2 aromatic heterocycles. The molecule has 0 unspecified atom stereocenters. The number of nitrogens with one attached hydrogen (secondary N) is 1. The predicted molar refractivity (Wildman–Crippen MR) is 126 cm³/mol. The molecule has 0 aliphatic rings. The van der Waals surface area contributed by atoms with E-state index in [1.807, 2.05) is 31.3 Å². The number of hydrogen-bond acceptors (Lipinski definition) is 7. The molecule has 0 spiro atoms. The summed E-state index contributed by atoms with van der Waals surface area (Å²) in [6.45, 7) is 2.69. The lowest BCUT2D eigenvalue weighted by Gasteiger charge is -2.12. The zero-order valence-electron chi connectivity index (χ0n) is 18.9. The first-order valence-corrected chi connectivity index (χ1v) is 10.5. The van der Waals surface area contributed by atoms with Gasteiger partial charge in [0.15, 0.2) is 0 Å². The minimum Gasteiger partial charge on any atom is -0.465 e. The molecule has 172 valence electrons. The molecule has 0 saturated heterocycles. The number of hydrogen-bond donors (Lipinski definition) is 1. The standard InChI is InChI=1S/C25H22N4O5/c1-4-29-14-17(13-26-29)22-12-20(19-7-5-6-8-21(19)28-22)23(30)27-18-10-15(24(31)33-2)9-16(11-18)25(32)34-3/h5-14H,4H2,1-3H3,(H,27,30). The van der Waals surface area contributed by atoms with E-state index in [4.69, 9.17) is 9.47 Å². The normalized spacial score (nSPS) is 10.7. The summed E-state index contributed by atoms with van der Waals surface area (Å²) in [5.41, 5.74) is 2.86. The zero-order valence-corrected chi connectivity index (χ0v) is 18.9. The molecule has 0 aliphatic heterocycles. The maximum absolute atomic E-state index is 13.4. The van der Waals surface area contributed by atoms with E-state index in [1.165, 1.54) is 32.4 Å². The van der Waals surface area contributed by atoms with Gasteiger partial charge in [0.2, 0.25) is 0 Å².